The zero-order valence-electron chi connectivity index (χ0n) is 19.5. The van der Waals surface area contributed by atoms with E-state index in [1.165, 1.54) is 0 Å². The minimum absolute atomic E-state index is 0.238. The van der Waals surface area contributed by atoms with Crippen LogP contribution in [0, 0.1) is 12.8 Å². The van der Waals surface area contributed by atoms with Crippen LogP contribution in [-0.2, 0) is 0 Å². The molecule has 0 saturated heterocycles. The number of para-hydroxylation sites is 1. The minimum Gasteiger partial charge on any atom is -0.493 e. The molecular formula is C28H27N3O2S. The molecule has 5 nitrogen and oxygen atoms in total. The highest BCUT2D eigenvalue weighted by atomic mass is 32.1. The zero-order valence-corrected chi connectivity index (χ0v) is 20.3. The quantitative estimate of drug-likeness (QED) is 0.321. The molecule has 0 atom stereocenters. The number of carbonyl (C=O) groups is 1. The average molecular weight is 470 g/mol. The lowest BCUT2D eigenvalue weighted by atomic mass is 10.0. The van der Waals surface area contributed by atoms with Crippen LogP contribution >= 0.6 is 12.2 Å². The van der Waals surface area contributed by atoms with Crippen molar-refractivity contribution in [1.82, 2.24) is 10.3 Å². The molecule has 1 amide bonds. The molecular weight excluding hydrogens is 442 g/mol. The van der Waals surface area contributed by atoms with E-state index in [0.717, 1.165) is 33.5 Å². The third-order valence-electron chi connectivity index (χ3n) is 5.18. The largest absolute Gasteiger partial charge is 0.493 e. The van der Waals surface area contributed by atoms with Crippen molar-refractivity contribution in [3.05, 3.63) is 90.0 Å². The number of nitrogens with zero attached hydrogens (tertiary/aromatic N) is 1. The molecule has 1 aromatic heterocycles. The summed E-state index contributed by atoms with van der Waals surface area (Å²) in [5.41, 5.74) is 4.73. The van der Waals surface area contributed by atoms with Gasteiger partial charge in [0.25, 0.3) is 5.91 Å². The van der Waals surface area contributed by atoms with Crippen LogP contribution in [-0.4, -0.2) is 22.6 Å². The first-order chi connectivity index (χ1) is 16.4. The Morgan fingerprint density at radius 3 is 2.59 bits per heavy atom. The third kappa shape index (κ3) is 5.77. The zero-order chi connectivity index (χ0) is 24.1. The van der Waals surface area contributed by atoms with Crippen LogP contribution < -0.4 is 15.4 Å². The Bertz CT molecular complexity index is 1350. The Labute approximate surface area is 205 Å². The maximum absolute atomic E-state index is 13.3. The number of thiocarbonyl (C=S) groups is 1. The number of pyridine rings is 1. The van der Waals surface area contributed by atoms with E-state index in [-0.39, 0.29) is 11.0 Å². The summed E-state index contributed by atoms with van der Waals surface area (Å²) in [5, 5.41) is 6.88. The van der Waals surface area contributed by atoms with Crippen LogP contribution in [0.4, 0.5) is 5.69 Å². The summed E-state index contributed by atoms with van der Waals surface area (Å²) in [6, 6.07) is 25.0. The highest BCUT2D eigenvalue weighted by molar-refractivity contribution is 7.80. The van der Waals surface area contributed by atoms with Gasteiger partial charge in [-0.15, -0.1) is 0 Å². The van der Waals surface area contributed by atoms with Gasteiger partial charge in [-0.05, 0) is 67.0 Å². The van der Waals surface area contributed by atoms with Crippen LogP contribution in [0.15, 0.2) is 78.9 Å². The molecule has 0 radical (unpaired) electrons. The van der Waals surface area contributed by atoms with E-state index < -0.39 is 0 Å². The van der Waals surface area contributed by atoms with Gasteiger partial charge in [0, 0.05) is 16.6 Å². The first kappa shape index (κ1) is 23.4. The molecule has 0 aliphatic heterocycles. The lowest BCUT2D eigenvalue weighted by molar-refractivity contribution is 0.0979. The molecule has 172 valence electrons. The second-order valence-corrected chi connectivity index (χ2v) is 8.99. The van der Waals surface area contributed by atoms with Gasteiger partial charge in [-0.2, -0.15) is 0 Å². The van der Waals surface area contributed by atoms with Gasteiger partial charge in [0.2, 0.25) is 0 Å². The number of benzene rings is 3. The van der Waals surface area contributed by atoms with Gasteiger partial charge in [0.15, 0.2) is 5.11 Å². The SMILES string of the molecule is Cc1cccc(NC(=S)NC(=O)c2cc(-c3cccc(OCC(C)C)c3)nc3ccccc23)c1. The van der Waals surface area contributed by atoms with Crippen molar-refractivity contribution in [2.45, 2.75) is 20.8 Å². The van der Waals surface area contributed by atoms with E-state index in [4.69, 9.17) is 21.9 Å². The number of rotatable bonds is 6. The van der Waals surface area contributed by atoms with Crippen LogP contribution in [0.25, 0.3) is 22.2 Å². The number of aromatic nitrogens is 1. The van der Waals surface area contributed by atoms with Gasteiger partial charge in [-0.1, -0.05) is 56.3 Å². The van der Waals surface area contributed by atoms with Crippen molar-refractivity contribution < 1.29 is 9.53 Å². The van der Waals surface area contributed by atoms with E-state index in [1.807, 2.05) is 79.7 Å². The van der Waals surface area contributed by atoms with Gasteiger partial charge in [-0.25, -0.2) is 4.98 Å². The average Bonchev–Trinajstić information content (AvgIpc) is 2.82. The number of ether oxygens (including phenoxy) is 1. The highest BCUT2D eigenvalue weighted by Crippen LogP contribution is 2.27. The normalized spacial score (nSPS) is 10.8. The monoisotopic (exact) mass is 469 g/mol. The Morgan fingerprint density at radius 2 is 1.79 bits per heavy atom. The Hall–Kier alpha value is -3.77. The van der Waals surface area contributed by atoms with E-state index in [0.29, 0.717) is 23.8 Å². The summed E-state index contributed by atoms with van der Waals surface area (Å²) in [6.07, 6.45) is 0. The number of anilines is 1. The second-order valence-electron chi connectivity index (χ2n) is 8.58. The third-order valence-corrected chi connectivity index (χ3v) is 5.38. The molecule has 4 aromatic rings. The van der Waals surface area contributed by atoms with Crippen LogP contribution in [0.1, 0.15) is 29.8 Å². The molecule has 0 aliphatic carbocycles. The van der Waals surface area contributed by atoms with Crippen molar-refractivity contribution in [3.8, 4) is 17.0 Å². The summed E-state index contributed by atoms with van der Waals surface area (Å²) in [4.78, 5) is 18.1. The van der Waals surface area contributed by atoms with Crippen LogP contribution in [0.3, 0.4) is 0 Å². The molecule has 0 fully saturated rings. The van der Waals surface area contributed by atoms with Crippen molar-refractivity contribution in [1.29, 1.82) is 0 Å². The summed E-state index contributed by atoms with van der Waals surface area (Å²) in [6.45, 7) is 6.85. The lowest BCUT2D eigenvalue weighted by Gasteiger charge is -2.13. The number of nitrogens with one attached hydrogen (secondary N) is 2. The van der Waals surface area contributed by atoms with Crippen molar-refractivity contribution in [2.24, 2.45) is 5.92 Å². The molecule has 1 heterocycles. The first-order valence-electron chi connectivity index (χ1n) is 11.2. The molecule has 4 rings (SSSR count). The van der Waals surface area contributed by atoms with Gasteiger partial charge >= 0.3 is 0 Å². The predicted molar refractivity (Wildman–Crippen MR) is 142 cm³/mol. The van der Waals surface area contributed by atoms with Crippen LogP contribution in [0.2, 0.25) is 0 Å². The molecule has 0 aliphatic rings. The van der Waals surface area contributed by atoms with Gasteiger partial charge in [0.1, 0.15) is 5.75 Å². The van der Waals surface area contributed by atoms with E-state index in [1.54, 1.807) is 6.07 Å². The summed E-state index contributed by atoms with van der Waals surface area (Å²) >= 11 is 5.40. The van der Waals surface area contributed by atoms with Crippen molar-refractivity contribution in [3.63, 3.8) is 0 Å². The fourth-order valence-corrected chi connectivity index (χ4v) is 3.79. The molecule has 0 spiro atoms. The number of amides is 1. The van der Waals surface area contributed by atoms with Crippen molar-refractivity contribution in [2.75, 3.05) is 11.9 Å². The van der Waals surface area contributed by atoms with E-state index in [9.17, 15) is 4.79 Å². The lowest BCUT2D eigenvalue weighted by Crippen LogP contribution is -2.34. The number of carbonyl (C=O) groups excluding carboxylic acids is 1. The van der Waals surface area contributed by atoms with E-state index >= 15 is 0 Å². The standard InChI is InChI=1S/C28H27N3O2S/c1-18(2)17-33-22-11-7-9-20(15-22)26-16-24(23-12-4-5-13-25(23)30-26)27(32)31-28(34)29-21-10-6-8-19(3)14-21/h4-16,18H,17H2,1-3H3,(H2,29,31,32,34). The molecule has 0 bridgehead atoms. The summed E-state index contributed by atoms with van der Waals surface area (Å²) < 4.78 is 5.88. The number of aryl methyl sites for hydroxylation is 1. The second kappa shape index (κ2) is 10.4. The Balaban J connectivity index is 1.63. The minimum atomic E-state index is -0.294. The maximum atomic E-state index is 13.3. The van der Waals surface area contributed by atoms with Gasteiger partial charge in [-0.3, -0.25) is 10.1 Å². The summed E-state index contributed by atoms with van der Waals surface area (Å²) in [5.74, 6) is 0.905. The van der Waals surface area contributed by atoms with Crippen LogP contribution in [0.5, 0.6) is 5.75 Å². The summed E-state index contributed by atoms with van der Waals surface area (Å²) in [7, 11) is 0. The maximum Gasteiger partial charge on any atom is 0.258 e. The number of hydrogen-bond acceptors (Lipinski definition) is 4. The molecule has 2 N–H and O–H groups in total. The number of hydrogen-bond donors (Lipinski definition) is 2. The highest BCUT2D eigenvalue weighted by Gasteiger charge is 2.15. The van der Waals surface area contributed by atoms with Gasteiger partial charge < -0.3 is 10.1 Å². The molecule has 3 aromatic carbocycles. The fourth-order valence-electron chi connectivity index (χ4n) is 3.57. The molecule has 6 heteroatoms. The van der Waals surface area contributed by atoms with Gasteiger partial charge in [0.05, 0.1) is 23.4 Å². The molecule has 34 heavy (non-hydrogen) atoms. The Kier molecular flexibility index (Phi) is 7.18. The van der Waals surface area contributed by atoms with E-state index in [2.05, 4.69) is 24.5 Å². The fraction of sp³-hybridized carbons (Fsp3) is 0.179. The molecule has 0 saturated carbocycles. The first-order valence-corrected chi connectivity index (χ1v) is 11.6. The predicted octanol–water partition coefficient (Wildman–Crippen LogP) is 6.37. The smallest absolute Gasteiger partial charge is 0.258 e. The molecule has 0 unspecified atom stereocenters. The van der Waals surface area contributed by atoms with Crippen molar-refractivity contribution >= 4 is 39.8 Å². The topological polar surface area (TPSA) is 63.2 Å². The Morgan fingerprint density at radius 1 is 1.00 bits per heavy atom. The number of fused-ring (bicyclic) bond motifs is 1.